The smallest absolute Gasteiger partial charge is 0.429 e. The van der Waals surface area contributed by atoms with E-state index in [9.17, 15) is 22.8 Å². The van der Waals surface area contributed by atoms with Crippen LogP contribution in [-0.4, -0.2) is 56.2 Å². The zero-order chi connectivity index (χ0) is 34.5. The van der Waals surface area contributed by atoms with E-state index in [1.54, 1.807) is 40.7 Å². The van der Waals surface area contributed by atoms with Crippen LogP contribution in [0.15, 0.2) is 42.6 Å². The number of nitrogens with one attached hydrogen (secondary N) is 1. The van der Waals surface area contributed by atoms with Gasteiger partial charge >= 0.3 is 18.2 Å². The van der Waals surface area contributed by atoms with Gasteiger partial charge in [-0.3, -0.25) is 0 Å². The number of alkyl halides is 3. The van der Waals surface area contributed by atoms with Gasteiger partial charge in [-0.25, -0.2) is 19.3 Å². The molecule has 0 saturated carbocycles. The first-order valence-electron chi connectivity index (χ1n) is 15.1. The van der Waals surface area contributed by atoms with Crippen LogP contribution in [0.3, 0.4) is 0 Å². The van der Waals surface area contributed by atoms with Gasteiger partial charge < -0.3 is 25.3 Å². The van der Waals surface area contributed by atoms with Crippen molar-refractivity contribution in [2.45, 2.75) is 84.2 Å². The van der Waals surface area contributed by atoms with Crippen LogP contribution in [-0.2, 0) is 14.3 Å². The average Bonchev–Trinajstić information content (AvgIpc) is 3.40. The summed E-state index contributed by atoms with van der Waals surface area (Å²) in [5.41, 5.74) is 6.71. The predicted octanol–water partition coefficient (Wildman–Crippen LogP) is 6.92. The number of amides is 1. The molecule has 0 saturated heterocycles. The topological polar surface area (TPSA) is 143 Å². The van der Waals surface area contributed by atoms with E-state index < -0.39 is 36.0 Å². The lowest BCUT2D eigenvalue weighted by Crippen LogP contribution is -2.45. The first-order valence-corrected chi connectivity index (χ1v) is 15.5. The number of carbonyl (C=O) groups excluding carboxylic acids is 2. The van der Waals surface area contributed by atoms with Crippen LogP contribution in [0.2, 0.25) is 5.02 Å². The zero-order valence-corrected chi connectivity index (χ0v) is 27.5. The van der Waals surface area contributed by atoms with Crippen molar-refractivity contribution >= 4 is 35.2 Å². The second-order valence-corrected chi connectivity index (χ2v) is 12.6. The van der Waals surface area contributed by atoms with Gasteiger partial charge in [-0.2, -0.15) is 23.3 Å². The molecule has 47 heavy (non-hydrogen) atoms. The highest BCUT2D eigenvalue weighted by Crippen LogP contribution is 2.40. The maximum Gasteiger partial charge on any atom is 0.429 e. The van der Waals surface area contributed by atoms with E-state index in [0.717, 1.165) is 5.57 Å². The highest BCUT2D eigenvalue weighted by molar-refractivity contribution is 6.30. The maximum atomic E-state index is 14.5. The van der Waals surface area contributed by atoms with E-state index >= 15 is 0 Å². The molecular formula is C32H38ClF3N6O5. The van der Waals surface area contributed by atoms with Crippen LogP contribution in [0.4, 0.5) is 23.9 Å². The Bertz CT molecular complexity index is 1620. The van der Waals surface area contributed by atoms with Gasteiger partial charge in [0.15, 0.2) is 0 Å². The Kier molecular flexibility index (Phi) is 11.0. The van der Waals surface area contributed by atoms with Gasteiger partial charge in [0.1, 0.15) is 11.6 Å². The number of nitrogen functional groups attached to an aromatic ring is 1. The summed E-state index contributed by atoms with van der Waals surface area (Å²) < 4.78 is 60.8. The quantitative estimate of drug-likeness (QED) is 0.218. The molecule has 1 aliphatic rings. The number of aromatic nitrogens is 4. The van der Waals surface area contributed by atoms with Crippen LogP contribution in [0.1, 0.15) is 76.4 Å². The monoisotopic (exact) mass is 678 g/mol. The van der Waals surface area contributed by atoms with E-state index in [0.29, 0.717) is 37.1 Å². The third-order valence-electron chi connectivity index (χ3n) is 7.18. The van der Waals surface area contributed by atoms with Crippen molar-refractivity contribution in [2.75, 3.05) is 12.3 Å². The second kappa shape index (κ2) is 14.6. The number of allylic oxidation sites excluding steroid dienone is 2. The SMILES string of the molecule is CCOC(=O)[C@H](CC1CC=C(c2cc(O[C@H](c3ccc(Cl)cc3-n3ccc(C)n3)C(F)(F)F)nc(N)n2)CC1)NC(=O)OC(C)(C)C. The van der Waals surface area contributed by atoms with Crippen LogP contribution < -0.4 is 15.8 Å². The molecule has 11 nitrogen and oxygen atoms in total. The average molecular weight is 679 g/mol. The molecule has 0 radical (unpaired) electrons. The van der Waals surface area contributed by atoms with E-state index in [1.165, 1.54) is 35.1 Å². The lowest BCUT2D eigenvalue weighted by molar-refractivity contribution is -0.198. The first kappa shape index (κ1) is 35.5. The Morgan fingerprint density at radius 3 is 2.51 bits per heavy atom. The minimum absolute atomic E-state index is 0.0122. The number of benzene rings is 1. The minimum Gasteiger partial charge on any atom is -0.464 e. The lowest BCUT2D eigenvalue weighted by atomic mass is 9.84. The zero-order valence-electron chi connectivity index (χ0n) is 26.7. The van der Waals surface area contributed by atoms with Crippen LogP contribution >= 0.6 is 11.6 Å². The van der Waals surface area contributed by atoms with Gasteiger partial charge in [0.05, 0.1) is 23.7 Å². The van der Waals surface area contributed by atoms with Gasteiger partial charge in [0.25, 0.3) is 0 Å². The molecule has 0 aliphatic heterocycles. The molecule has 0 spiro atoms. The number of alkyl carbamates (subject to hydrolysis) is 1. The second-order valence-electron chi connectivity index (χ2n) is 12.2. The third-order valence-corrected chi connectivity index (χ3v) is 7.41. The Morgan fingerprint density at radius 1 is 1.17 bits per heavy atom. The van der Waals surface area contributed by atoms with Crippen molar-refractivity contribution in [1.82, 2.24) is 25.1 Å². The molecule has 3 aromatic rings. The number of halogens is 4. The highest BCUT2D eigenvalue weighted by Gasteiger charge is 2.45. The summed E-state index contributed by atoms with van der Waals surface area (Å²) in [6.45, 7) is 8.69. The Labute approximate surface area is 275 Å². The number of carbonyl (C=O) groups is 2. The van der Waals surface area contributed by atoms with Crippen LogP contribution in [0, 0.1) is 12.8 Å². The van der Waals surface area contributed by atoms with Crippen molar-refractivity contribution in [3.05, 3.63) is 64.6 Å². The van der Waals surface area contributed by atoms with E-state index in [4.69, 9.17) is 31.5 Å². The van der Waals surface area contributed by atoms with Crippen LogP contribution in [0.5, 0.6) is 5.88 Å². The Hall–Kier alpha value is -4.33. The fourth-order valence-corrected chi connectivity index (χ4v) is 5.32. The highest BCUT2D eigenvalue weighted by atomic mass is 35.5. The van der Waals surface area contributed by atoms with E-state index in [1.807, 2.05) is 6.08 Å². The number of nitrogens with zero attached hydrogens (tertiary/aromatic N) is 4. The summed E-state index contributed by atoms with van der Waals surface area (Å²) in [5, 5.41) is 7.08. The van der Waals surface area contributed by atoms with Gasteiger partial charge in [0.2, 0.25) is 17.9 Å². The molecule has 15 heteroatoms. The van der Waals surface area contributed by atoms with Crippen molar-refractivity contribution in [3.63, 3.8) is 0 Å². The summed E-state index contributed by atoms with van der Waals surface area (Å²) in [4.78, 5) is 33.2. The van der Waals surface area contributed by atoms with Gasteiger partial charge in [-0.1, -0.05) is 23.7 Å². The standard InChI is InChI=1S/C32H38ClF3N6O5/c1-6-45-28(43)24(39-30(44)47-31(3,4)5)15-19-7-9-20(10-8-19)23-17-26(40-29(37)38-23)46-27(32(34,35)36)22-12-11-21(33)16-25(22)42-14-13-18(2)41-42/h9,11-14,16-17,19,24,27H,6-8,10,15H2,1-5H3,(H,39,44)(H2,37,38,40)/t19?,24-,27+/m0/s1. The Morgan fingerprint density at radius 2 is 1.91 bits per heavy atom. The van der Waals surface area contributed by atoms with Crippen LogP contribution in [0.25, 0.3) is 11.3 Å². The lowest BCUT2D eigenvalue weighted by Gasteiger charge is -2.27. The Balaban J connectivity index is 1.54. The number of anilines is 1. The van der Waals surface area contributed by atoms with Gasteiger partial charge in [-0.05, 0) is 90.0 Å². The number of hydrogen-bond acceptors (Lipinski definition) is 9. The molecular weight excluding hydrogens is 641 g/mol. The van der Waals surface area contributed by atoms with Gasteiger partial charge in [0, 0.05) is 22.8 Å². The molecule has 1 aliphatic carbocycles. The van der Waals surface area contributed by atoms with Crippen molar-refractivity contribution in [3.8, 4) is 11.6 Å². The van der Waals surface area contributed by atoms with E-state index in [-0.39, 0.29) is 40.6 Å². The normalized spacial score (nSPS) is 16.5. The number of aryl methyl sites for hydroxylation is 1. The number of hydrogen-bond donors (Lipinski definition) is 2. The fourth-order valence-electron chi connectivity index (χ4n) is 5.16. The van der Waals surface area contributed by atoms with Gasteiger partial charge in [-0.15, -0.1) is 0 Å². The third kappa shape index (κ3) is 9.83. The summed E-state index contributed by atoms with van der Waals surface area (Å²) in [5.74, 6) is -1.20. The minimum atomic E-state index is -4.84. The molecule has 2 aromatic heterocycles. The molecule has 3 atom stereocenters. The molecule has 0 fully saturated rings. The summed E-state index contributed by atoms with van der Waals surface area (Å²) >= 11 is 6.14. The molecule has 254 valence electrons. The summed E-state index contributed by atoms with van der Waals surface area (Å²) in [7, 11) is 0. The predicted molar refractivity (Wildman–Crippen MR) is 169 cm³/mol. The summed E-state index contributed by atoms with van der Waals surface area (Å²) in [6.07, 6.45) is -2.70. The number of ether oxygens (including phenoxy) is 3. The van der Waals surface area contributed by atoms with E-state index in [2.05, 4.69) is 20.4 Å². The molecule has 1 aromatic carbocycles. The fraction of sp³-hybridized carbons (Fsp3) is 0.469. The maximum absolute atomic E-state index is 14.5. The van der Waals surface area contributed by atoms with Crippen molar-refractivity contribution < 1.29 is 37.0 Å². The largest absolute Gasteiger partial charge is 0.464 e. The molecule has 3 N–H and O–H groups in total. The number of rotatable bonds is 10. The van der Waals surface area contributed by atoms with Crippen molar-refractivity contribution in [1.29, 1.82) is 0 Å². The molecule has 1 unspecified atom stereocenters. The molecule has 1 amide bonds. The molecule has 4 rings (SSSR count). The number of nitrogens with two attached hydrogens (primary N) is 1. The molecule has 0 bridgehead atoms. The molecule has 2 heterocycles. The van der Waals surface area contributed by atoms with Crippen molar-refractivity contribution in [2.24, 2.45) is 5.92 Å². The number of esters is 1. The first-order chi connectivity index (χ1) is 22.0. The summed E-state index contributed by atoms with van der Waals surface area (Å²) in [6, 6.07) is 6.02.